The summed E-state index contributed by atoms with van der Waals surface area (Å²) in [5.41, 5.74) is 0.659. The standard InChI is InChI=1S/C16H18N2O4S2/c1-10(19)17-6-5-13-3-4-15(24-13)14(20)8-22-16(21)7-12-9-23-11(2)18-12/h3-4,9H,5-8H2,1-2H3,(H,17,19). The molecule has 1 amide bonds. The van der Waals surface area contributed by atoms with Gasteiger partial charge in [0.15, 0.2) is 6.61 Å². The van der Waals surface area contributed by atoms with E-state index < -0.39 is 5.97 Å². The number of nitrogens with one attached hydrogen (secondary N) is 1. The first-order valence-corrected chi connectivity index (χ1v) is 9.06. The van der Waals surface area contributed by atoms with Crippen molar-refractivity contribution in [2.45, 2.75) is 26.7 Å². The third kappa shape index (κ3) is 5.86. The number of aromatic nitrogens is 1. The minimum absolute atomic E-state index is 0.0734. The number of amides is 1. The third-order valence-electron chi connectivity index (χ3n) is 3.04. The second kappa shape index (κ2) is 8.70. The van der Waals surface area contributed by atoms with Crippen LogP contribution in [0.2, 0.25) is 0 Å². The van der Waals surface area contributed by atoms with Gasteiger partial charge in [-0.15, -0.1) is 22.7 Å². The highest BCUT2D eigenvalue weighted by molar-refractivity contribution is 7.14. The van der Waals surface area contributed by atoms with Crippen molar-refractivity contribution in [1.29, 1.82) is 0 Å². The second-order valence-electron chi connectivity index (χ2n) is 5.12. The van der Waals surface area contributed by atoms with Crippen molar-refractivity contribution >= 4 is 40.3 Å². The van der Waals surface area contributed by atoms with Crippen molar-refractivity contribution < 1.29 is 19.1 Å². The van der Waals surface area contributed by atoms with Gasteiger partial charge in [-0.25, -0.2) is 4.98 Å². The summed E-state index contributed by atoms with van der Waals surface area (Å²) in [7, 11) is 0. The molecule has 0 aromatic carbocycles. The number of hydrogen-bond donors (Lipinski definition) is 1. The van der Waals surface area contributed by atoms with Crippen molar-refractivity contribution in [3.05, 3.63) is 38.0 Å². The molecule has 6 nitrogen and oxygen atoms in total. The number of carbonyl (C=O) groups excluding carboxylic acids is 3. The average Bonchev–Trinajstić information content (AvgIpc) is 3.14. The summed E-state index contributed by atoms with van der Waals surface area (Å²) >= 11 is 2.82. The van der Waals surface area contributed by atoms with E-state index in [9.17, 15) is 14.4 Å². The maximum absolute atomic E-state index is 12.1. The molecule has 1 N–H and O–H groups in total. The normalized spacial score (nSPS) is 10.4. The topological polar surface area (TPSA) is 85.4 Å². The van der Waals surface area contributed by atoms with Gasteiger partial charge in [0.2, 0.25) is 11.7 Å². The zero-order valence-electron chi connectivity index (χ0n) is 13.5. The summed E-state index contributed by atoms with van der Waals surface area (Å²) < 4.78 is 5.02. The fourth-order valence-corrected chi connectivity index (χ4v) is 3.47. The van der Waals surface area contributed by atoms with Gasteiger partial charge in [0.1, 0.15) is 0 Å². The number of thiophene rings is 1. The predicted molar refractivity (Wildman–Crippen MR) is 92.6 cm³/mol. The molecule has 0 radical (unpaired) electrons. The zero-order valence-corrected chi connectivity index (χ0v) is 15.1. The molecule has 0 fully saturated rings. The van der Waals surface area contributed by atoms with E-state index in [1.165, 1.54) is 29.6 Å². The molecule has 0 aliphatic heterocycles. The van der Waals surface area contributed by atoms with Gasteiger partial charge in [-0.2, -0.15) is 0 Å². The maximum Gasteiger partial charge on any atom is 0.312 e. The maximum atomic E-state index is 12.1. The summed E-state index contributed by atoms with van der Waals surface area (Å²) in [5, 5.41) is 5.40. The molecule has 2 aromatic heterocycles. The van der Waals surface area contributed by atoms with Crippen LogP contribution in [-0.4, -0.2) is 35.8 Å². The molecule has 0 atom stereocenters. The van der Waals surface area contributed by atoms with Gasteiger partial charge in [0.25, 0.3) is 0 Å². The van der Waals surface area contributed by atoms with E-state index in [1.54, 1.807) is 11.4 Å². The van der Waals surface area contributed by atoms with Crippen LogP contribution in [0.15, 0.2) is 17.5 Å². The van der Waals surface area contributed by atoms with Crippen molar-refractivity contribution in [3.8, 4) is 0 Å². The van der Waals surface area contributed by atoms with Gasteiger partial charge in [-0.3, -0.25) is 14.4 Å². The monoisotopic (exact) mass is 366 g/mol. The van der Waals surface area contributed by atoms with Crippen molar-refractivity contribution in [3.63, 3.8) is 0 Å². The van der Waals surface area contributed by atoms with Gasteiger partial charge in [0.05, 0.1) is 22.0 Å². The highest BCUT2D eigenvalue weighted by Gasteiger charge is 2.14. The molecule has 0 bridgehead atoms. The first kappa shape index (κ1) is 18.3. The van der Waals surface area contributed by atoms with Gasteiger partial charge in [0, 0.05) is 23.7 Å². The smallest absolute Gasteiger partial charge is 0.312 e. The van der Waals surface area contributed by atoms with Crippen molar-refractivity contribution in [1.82, 2.24) is 10.3 Å². The number of nitrogens with zero attached hydrogens (tertiary/aromatic N) is 1. The molecule has 0 saturated heterocycles. The number of carbonyl (C=O) groups is 3. The van der Waals surface area contributed by atoms with Crippen LogP contribution >= 0.6 is 22.7 Å². The van der Waals surface area contributed by atoms with Gasteiger partial charge in [-0.05, 0) is 25.5 Å². The quantitative estimate of drug-likeness (QED) is 0.572. The Labute approximate surface area is 147 Å². The number of thiazole rings is 1. The highest BCUT2D eigenvalue weighted by atomic mass is 32.1. The number of rotatable bonds is 8. The molecular formula is C16H18N2O4S2. The second-order valence-corrected chi connectivity index (χ2v) is 7.35. The first-order valence-electron chi connectivity index (χ1n) is 7.37. The largest absolute Gasteiger partial charge is 0.457 e. The van der Waals surface area contributed by atoms with Gasteiger partial charge in [-0.1, -0.05) is 0 Å². The Kier molecular flexibility index (Phi) is 6.62. The molecule has 0 aliphatic rings. The first-order chi connectivity index (χ1) is 11.4. The van der Waals surface area contributed by atoms with E-state index in [0.717, 1.165) is 9.88 Å². The summed E-state index contributed by atoms with van der Waals surface area (Å²) in [6.45, 7) is 3.59. The number of ketones is 1. The van der Waals surface area contributed by atoms with Crippen LogP contribution in [-0.2, 0) is 27.2 Å². The van der Waals surface area contributed by atoms with E-state index in [-0.39, 0.29) is 24.7 Å². The fraction of sp³-hybridized carbons (Fsp3) is 0.375. The molecule has 2 heterocycles. The molecular weight excluding hydrogens is 348 g/mol. The summed E-state index contributed by atoms with van der Waals surface area (Å²) in [6.07, 6.45) is 0.741. The van der Waals surface area contributed by atoms with Crippen LogP contribution in [0.25, 0.3) is 0 Å². The van der Waals surface area contributed by atoms with Crippen LogP contribution < -0.4 is 5.32 Å². The van der Waals surface area contributed by atoms with Crippen LogP contribution in [0.4, 0.5) is 0 Å². The SMILES string of the molecule is CC(=O)NCCc1ccc(C(=O)COC(=O)Cc2csc(C)n2)s1. The number of ether oxygens (including phenoxy) is 1. The minimum Gasteiger partial charge on any atom is -0.457 e. The van der Waals surface area contributed by atoms with Gasteiger partial charge < -0.3 is 10.1 Å². The van der Waals surface area contributed by atoms with Gasteiger partial charge >= 0.3 is 5.97 Å². The Morgan fingerprint density at radius 1 is 1.29 bits per heavy atom. The lowest BCUT2D eigenvalue weighted by Gasteiger charge is -2.02. The molecule has 0 aliphatic carbocycles. The average molecular weight is 366 g/mol. The molecule has 8 heteroatoms. The zero-order chi connectivity index (χ0) is 17.5. The Morgan fingerprint density at radius 2 is 2.08 bits per heavy atom. The fourth-order valence-electron chi connectivity index (χ4n) is 1.93. The van der Waals surface area contributed by atoms with E-state index in [4.69, 9.17) is 4.74 Å². The van der Waals surface area contributed by atoms with Crippen LogP contribution in [0, 0.1) is 6.92 Å². The summed E-state index contributed by atoms with van der Waals surface area (Å²) in [5.74, 6) is -0.769. The Balaban J connectivity index is 1.76. The molecule has 24 heavy (non-hydrogen) atoms. The summed E-state index contributed by atoms with van der Waals surface area (Å²) in [6, 6.07) is 3.56. The lowest BCUT2D eigenvalue weighted by atomic mass is 10.3. The Bertz CT molecular complexity index is 736. The summed E-state index contributed by atoms with van der Waals surface area (Å²) in [4.78, 5) is 40.3. The molecule has 0 saturated carbocycles. The van der Waals surface area contributed by atoms with Crippen LogP contribution in [0.5, 0.6) is 0 Å². The number of Topliss-reactive ketones (excluding diaryl/α,β-unsaturated/α-hetero) is 1. The third-order valence-corrected chi connectivity index (χ3v) is 5.05. The predicted octanol–water partition coefficient (Wildman–Crippen LogP) is 2.16. The van der Waals surface area contributed by atoms with E-state index in [0.29, 0.717) is 23.5 Å². The van der Waals surface area contributed by atoms with E-state index in [1.807, 2.05) is 13.0 Å². The molecule has 0 unspecified atom stereocenters. The van der Waals surface area contributed by atoms with Crippen LogP contribution in [0.3, 0.4) is 0 Å². The van der Waals surface area contributed by atoms with Crippen LogP contribution in [0.1, 0.15) is 32.2 Å². The Morgan fingerprint density at radius 3 is 2.75 bits per heavy atom. The minimum atomic E-state index is -0.462. The lowest BCUT2D eigenvalue weighted by molar-refractivity contribution is -0.141. The molecule has 0 spiro atoms. The number of aryl methyl sites for hydroxylation is 1. The molecule has 128 valence electrons. The molecule has 2 aromatic rings. The van der Waals surface area contributed by atoms with E-state index >= 15 is 0 Å². The van der Waals surface area contributed by atoms with Crippen molar-refractivity contribution in [2.24, 2.45) is 0 Å². The number of hydrogen-bond acceptors (Lipinski definition) is 7. The highest BCUT2D eigenvalue weighted by Crippen LogP contribution is 2.17. The van der Waals surface area contributed by atoms with Crippen molar-refractivity contribution in [2.75, 3.05) is 13.2 Å². The lowest BCUT2D eigenvalue weighted by Crippen LogP contribution is -2.22. The Hall–Kier alpha value is -2.06. The van der Waals surface area contributed by atoms with E-state index in [2.05, 4.69) is 10.3 Å². The molecule has 2 rings (SSSR count). The number of esters is 1.